The minimum absolute atomic E-state index is 0.115. The van der Waals surface area contributed by atoms with E-state index in [2.05, 4.69) is 15.3 Å². The van der Waals surface area contributed by atoms with Gasteiger partial charge in [-0.25, -0.2) is 9.97 Å². The topological polar surface area (TPSA) is 90.0 Å². The number of carbonyl (C=O) groups excluding carboxylic acids is 1. The molecule has 7 heteroatoms. The molecule has 0 spiro atoms. The summed E-state index contributed by atoms with van der Waals surface area (Å²) < 4.78 is 6.90. The maximum atomic E-state index is 12.7. The summed E-state index contributed by atoms with van der Waals surface area (Å²) in [7, 11) is 0. The number of aryl methyl sites for hydroxylation is 2. The van der Waals surface area contributed by atoms with Gasteiger partial charge in [-0.1, -0.05) is 30.3 Å². The standard InChI is InChI=1S/C20H18N4O3/c1-12-8-13(2)23-19-16(12)17-18(27-19)20(26)24(11-22-17)10-15(25)21-9-14-6-4-3-5-7-14/h3-8,11H,9-10H2,1-2H3,(H,21,25). The Morgan fingerprint density at radius 3 is 2.78 bits per heavy atom. The number of nitrogens with zero attached hydrogens (tertiary/aromatic N) is 3. The number of nitrogens with one attached hydrogen (secondary N) is 1. The van der Waals surface area contributed by atoms with Gasteiger partial charge in [0, 0.05) is 12.2 Å². The van der Waals surface area contributed by atoms with Gasteiger partial charge in [0.15, 0.2) is 0 Å². The highest BCUT2D eigenvalue weighted by atomic mass is 16.3. The Bertz CT molecular complexity index is 1210. The molecule has 1 amide bonds. The number of hydrogen-bond acceptors (Lipinski definition) is 5. The van der Waals surface area contributed by atoms with Gasteiger partial charge in [-0.15, -0.1) is 0 Å². The third-order valence-electron chi connectivity index (χ3n) is 4.39. The molecule has 27 heavy (non-hydrogen) atoms. The van der Waals surface area contributed by atoms with Crippen molar-refractivity contribution in [3.8, 4) is 0 Å². The minimum atomic E-state index is -0.398. The van der Waals surface area contributed by atoms with Crippen molar-refractivity contribution < 1.29 is 9.21 Å². The summed E-state index contributed by atoms with van der Waals surface area (Å²) in [6.45, 7) is 4.06. The monoisotopic (exact) mass is 362 g/mol. The third-order valence-corrected chi connectivity index (χ3v) is 4.39. The Morgan fingerprint density at radius 2 is 2.00 bits per heavy atom. The minimum Gasteiger partial charge on any atom is -0.430 e. The van der Waals surface area contributed by atoms with E-state index >= 15 is 0 Å². The van der Waals surface area contributed by atoms with E-state index in [1.165, 1.54) is 10.9 Å². The summed E-state index contributed by atoms with van der Waals surface area (Å²) in [6.07, 6.45) is 1.38. The molecule has 0 aliphatic carbocycles. The largest absolute Gasteiger partial charge is 0.430 e. The predicted octanol–water partition coefficient (Wildman–Crippen LogP) is 2.47. The van der Waals surface area contributed by atoms with Crippen LogP contribution in [0.4, 0.5) is 0 Å². The van der Waals surface area contributed by atoms with Gasteiger partial charge in [-0.2, -0.15) is 0 Å². The Morgan fingerprint density at radius 1 is 1.22 bits per heavy atom. The third kappa shape index (κ3) is 3.19. The first kappa shape index (κ1) is 17.0. The molecule has 0 bridgehead atoms. The van der Waals surface area contributed by atoms with Crippen molar-refractivity contribution >= 4 is 28.1 Å². The molecule has 3 heterocycles. The molecule has 4 rings (SSSR count). The average Bonchev–Trinajstić information content (AvgIpc) is 3.02. The quantitative estimate of drug-likeness (QED) is 0.602. The second-order valence-corrected chi connectivity index (χ2v) is 6.48. The fraction of sp³-hybridized carbons (Fsp3) is 0.200. The summed E-state index contributed by atoms with van der Waals surface area (Å²) in [4.78, 5) is 33.6. The Balaban J connectivity index is 1.62. The molecule has 0 unspecified atom stereocenters. The predicted molar refractivity (Wildman–Crippen MR) is 101 cm³/mol. The molecule has 3 aromatic heterocycles. The van der Waals surface area contributed by atoms with Gasteiger partial charge < -0.3 is 9.73 Å². The number of carbonyl (C=O) groups is 1. The van der Waals surface area contributed by atoms with E-state index in [-0.39, 0.29) is 18.0 Å². The molecule has 0 fully saturated rings. The molecular weight excluding hydrogens is 344 g/mol. The Hall–Kier alpha value is -3.48. The average molecular weight is 362 g/mol. The van der Waals surface area contributed by atoms with Crippen molar-refractivity contribution in [2.24, 2.45) is 0 Å². The summed E-state index contributed by atoms with van der Waals surface area (Å²) in [5.41, 5.74) is 3.32. The molecule has 0 atom stereocenters. The van der Waals surface area contributed by atoms with Crippen LogP contribution in [0.1, 0.15) is 16.8 Å². The van der Waals surface area contributed by atoms with Crippen LogP contribution in [-0.4, -0.2) is 20.4 Å². The number of aromatic nitrogens is 3. The van der Waals surface area contributed by atoms with Crippen molar-refractivity contribution in [2.45, 2.75) is 26.9 Å². The summed E-state index contributed by atoms with van der Waals surface area (Å²) in [5.74, 6) is -0.275. The lowest BCUT2D eigenvalue weighted by Gasteiger charge is -2.07. The van der Waals surface area contributed by atoms with Crippen LogP contribution in [0.15, 0.2) is 51.9 Å². The van der Waals surface area contributed by atoms with Crippen molar-refractivity contribution in [2.75, 3.05) is 0 Å². The number of fused-ring (bicyclic) bond motifs is 3. The van der Waals surface area contributed by atoms with E-state index in [1.54, 1.807) is 0 Å². The van der Waals surface area contributed by atoms with Crippen LogP contribution in [0.5, 0.6) is 0 Å². The van der Waals surface area contributed by atoms with E-state index in [0.29, 0.717) is 17.8 Å². The molecule has 0 saturated carbocycles. The van der Waals surface area contributed by atoms with E-state index in [1.807, 2.05) is 50.2 Å². The number of amides is 1. The number of furan rings is 1. The lowest BCUT2D eigenvalue weighted by Crippen LogP contribution is -2.32. The normalized spacial score (nSPS) is 11.2. The van der Waals surface area contributed by atoms with Gasteiger partial charge >= 0.3 is 0 Å². The molecule has 0 aliphatic rings. The van der Waals surface area contributed by atoms with Gasteiger partial charge in [0.1, 0.15) is 12.1 Å². The fourth-order valence-electron chi connectivity index (χ4n) is 3.12. The summed E-state index contributed by atoms with van der Waals surface area (Å²) in [6, 6.07) is 11.5. The highest BCUT2D eigenvalue weighted by molar-refractivity contribution is 6.02. The van der Waals surface area contributed by atoms with Gasteiger partial charge in [0.2, 0.25) is 17.2 Å². The fourth-order valence-corrected chi connectivity index (χ4v) is 3.12. The van der Waals surface area contributed by atoms with Gasteiger partial charge in [0.25, 0.3) is 5.56 Å². The van der Waals surface area contributed by atoms with Crippen LogP contribution >= 0.6 is 0 Å². The smallest absolute Gasteiger partial charge is 0.297 e. The first-order valence-electron chi connectivity index (χ1n) is 8.59. The highest BCUT2D eigenvalue weighted by Gasteiger charge is 2.17. The molecular formula is C20H18N4O3. The van der Waals surface area contributed by atoms with Gasteiger partial charge in [-0.05, 0) is 31.0 Å². The van der Waals surface area contributed by atoms with Crippen molar-refractivity contribution in [3.05, 3.63) is 69.9 Å². The molecule has 0 saturated heterocycles. The SMILES string of the molecule is Cc1cc(C)c2c(n1)oc1c(=O)n(CC(=O)NCc3ccccc3)cnc12. The molecule has 1 aromatic carbocycles. The number of pyridine rings is 1. The van der Waals surface area contributed by atoms with Crippen LogP contribution in [-0.2, 0) is 17.9 Å². The van der Waals surface area contributed by atoms with Crippen molar-refractivity contribution in [1.82, 2.24) is 19.9 Å². The van der Waals surface area contributed by atoms with E-state index in [9.17, 15) is 9.59 Å². The zero-order valence-corrected chi connectivity index (χ0v) is 15.0. The van der Waals surface area contributed by atoms with Gasteiger partial charge in [-0.3, -0.25) is 14.2 Å². The number of hydrogen-bond donors (Lipinski definition) is 1. The number of rotatable bonds is 4. The number of benzene rings is 1. The van der Waals surface area contributed by atoms with Crippen LogP contribution in [0, 0.1) is 13.8 Å². The van der Waals surface area contributed by atoms with Crippen LogP contribution in [0.25, 0.3) is 22.2 Å². The second kappa shape index (κ2) is 6.68. The first-order valence-corrected chi connectivity index (χ1v) is 8.59. The van der Waals surface area contributed by atoms with Crippen LogP contribution in [0.2, 0.25) is 0 Å². The molecule has 1 N–H and O–H groups in total. The maximum Gasteiger partial charge on any atom is 0.297 e. The van der Waals surface area contributed by atoms with Crippen molar-refractivity contribution in [3.63, 3.8) is 0 Å². The maximum absolute atomic E-state index is 12.7. The highest BCUT2D eigenvalue weighted by Crippen LogP contribution is 2.26. The van der Waals surface area contributed by atoms with E-state index in [0.717, 1.165) is 22.2 Å². The van der Waals surface area contributed by atoms with E-state index < -0.39 is 5.56 Å². The zero-order valence-electron chi connectivity index (χ0n) is 15.0. The first-order chi connectivity index (χ1) is 13.0. The summed E-state index contributed by atoms with van der Waals surface area (Å²) >= 11 is 0. The summed E-state index contributed by atoms with van der Waals surface area (Å²) in [5, 5.41) is 3.53. The zero-order chi connectivity index (χ0) is 19.0. The molecule has 136 valence electrons. The van der Waals surface area contributed by atoms with Crippen molar-refractivity contribution in [1.29, 1.82) is 0 Å². The van der Waals surface area contributed by atoms with E-state index in [4.69, 9.17) is 4.42 Å². The lowest BCUT2D eigenvalue weighted by molar-refractivity contribution is -0.121. The molecule has 0 radical (unpaired) electrons. The Kier molecular flexibility index (Phi) is 4.19. The van der Waals surface area contributed by atoms with Gasteiger partial charge in [0.05, 0.1) is 11.7 Å². The molecule has 7 nitrogen and oxygen atoms in total. The Labute approximate surface area is 154 Å². The van der Waals surface area contributed by atoms with Crippen LogP contribution < -0.4 is 10.9 Å². The second-order valence-electron chi connectivity index (χ2n) is 6.48. The van der Waals surface area contributed by atoms with Crippen LogP contribution in [0.3, 0.4) is 0 Å². The molecule has 0 aliphatic heterocycles. The molecule has 4 aromatic rings. The lowest BCUT2D eigenvalue weighted by atomic mass is 10.1.